The molecule has 0 saturated carbocycles. The van der Waals surface area contributed by atoms with Crippen molar-refractivity contribution in [2.45, 2.75) is 13.1 Å². The van der Waals surface area contributed by atoms with Crippen molar-refractivity contribution in [3.8, 4) is 5.75 Å². The molecule has 0 aliphatic rings. The minimum absolute atomic E-state index is 0.0826. The summed E-state index contributed by atoms with van der Waals surface area (Å²) in [5.41, 5.74) is -0.767. The lowest BCUT2D eigenvalue weighted by atomic mass is 10.2. The number of hydrogen-bond acceptors (Lipinski definition) is 2. The fourth-order valence-corrected chi connectivity index (χ4v) is 1.03. The van der Waals surface area contributed by atoms with Gasteiger partial charge in [-0.3, -0.25) is 4.79 Å². The normalized spacial score (nSPS) is 13.2. The van der Waals surface area contributed by atoms with Crippen molar-refractivity contribution in [2.24, 2.45) is 5.92 Å². The first-order valence-corrected chi connectivity index (χ1v) is 4.83. The summed E-state index contributed by atoms with van der Waals surface area (Å²) in [6, 6.07) is 4.11. The molecule has 0 heterocycles. The van der Waals surface area contributed by atoms with Crippen molar-refractivity contribution in [2.75, 3.05) is 6.61 Å². The number of carboxylic acids is 1. The molecule has 0 aliphatic heterocycles. The van der Waals surface area contributed by atoms with E-state index in [0.29, 0.717) is 0 Å². The maximum absolute atomic E-state index is 12.2. The number of benzene rings is 1. The lowest BCUT2D eigenvalue weighted by molar-refractivity contribution is -0.142. The number of rotatable bonds is 4. The monoisotopic (exact) mass is 248 g/mol. The molecule has 94 valence electrons. The van der Waals surface area contributed by atoms with Crippen LogP contribution in [0.4, 0.5) is 13.2 Å². The Morgan fingerprint density at radius 1 is 1.35 bits per heavy atom. The van der Waals surface area contributed by atoms with Gasteiger partial charge in [0.2, 0.25) is 0 Å². The van der Waals surface area contributed by atoms with Crippen LogP contribution in [0.5, 0.6) is 5.75 Å². The van der Waals surface area contributed by atoms with E-state index in [1.807, 2.05) is 0 Å². The van der Waals surface area contributed by atoms with Gasteiger partial charge in [-0.1, -0.05) is 0 Å². The Morgan fingerprint density at radius 2 is 1.88 bits per heavy atom. The van der Waals surface area contributed by atoms with Crippen LogP contribution in [-0.4, -0.2) is 17.7 Å². The lowest BCUT2D eigenvalue weighted by Gasteiger charge is -2.10. The average Bonchev–Trinajstić information content (AvgIpc) is 2.25. The molecular weight excluding hydrogens is 237 g/mol. The zero-order valence-corrected chi connectivity index (χ0v) is 8.99. The third kappa shape index (κ3) is 3.97. The summed E-state index contributed by atoms with van der Waals surface area (Å²) in [6.07, 6.45) is -4.38. The summed E-state index contributed by atoms with van der Waals surface area (Å²) in [4.78, 5) is 10.5. The third-order valence-electron chi connectivity index (χ3n) is 2.10. The molecule has 0 saturated heterocycles. The molecule has 0 bridgehead atoms. The fraction of sp³-hybridized carbons (Fsp3) is 0.364. The van der Waals surface area contributed by atoms with E-state index >= 15 is 0 Å². The third-order valence-corrected chi connectivity index (χ3v) is 2.10. The van der Waals surface area contributed by atoms with E-state index in [4.69, 9.17) is 9.84 Å². The second-order valence-electron chi connectivity index (χ2n) is 3.57. The van der Waals surface area contributed by atoms with Gasteiger partial charge >= 0.3 is 12.1 Å². The first-order valence-electron chi connectivity index (χ1n) is 4.83. The van der Waals surface area contributed by atoms with Crippen LogP contribution in [0.15, 0.2) is 24.3 Å². The second-order valence-corrected chi connectivity index (χ2v) is 3.57. The van der Waals surface area contributed by atoms with Gasteiger partial charge in [0, 0.05) is 0 Å². The standard InChI is InChI=1S/C11H11F3O3/c1-7(10(15)16)6-17-9-4-2-8(3-5-9)11(12,13)14/h2-5,7H,6H2,1H3,(H,15,16)/t7-/m1/s1. The number of halogens is 3. The molecule has 6 heteroatoms. The predicted octanol–water partition coefficient (Wildman–Crippen LogP) is 2.80. The number of alkyl halides is 3. The van der Waals surface area contributed by atoms with Crippen LogP contribution in [0, 0.1) is 5.92 Å². The molecule has 1 N–H and O–H groups in total. The summed E-state index contributed by atoms with van der Waals surface area (Å²) in [5, 5.41) is 8.58. The van der Waals surface area contributed by atoms with Crippen molar-refractivity contribution < 1.29 is 27.8 Å². The largest absolute Gasteiger partial charge is 0.493 e. The molecular formula is C11H11F3O3. The highest BCUT2D eigenvalue weighted by molar-refractivity contribution is 5.69. The summed E-state index contributed by atoms with van der Waals surface area (Å²) < 4.78 is 41.7. The van der Waals surface area contributed by atoms with E-state index in [0.717, 1.165) is 24.3 Å². The molecule has 1 atom stereocenters. The van der Waals surface area contributed by atoms with E-state index < -0.39 is 23.6 Å². The number of carbonyl (C=O) groups is 1. The van der Waals surface area contributed by atoms with Crippen molar-refractivity contribution in [1.82, 2.24) is 0 Å². The zero-order chi connectivity index (χ0) is 13.1. The van der Waals surface area contributed by atoms with Crippen molar-refractivity contribution in [1.29, 1.82) is 0 Å². The number of carboxylic acid groups (broad SMARTS) is 1. The lowest BCUT2D eigenvalue weighted by Crippen LogP contribution is -2.17. The Hall–Kier alpha value is -1.72. The van der Waals surface area contributed by atoms with Crippen molar-refractivity contribution in [3.63, 3.8) is 0 Å². The average molecular weight is 248 g/mol. The zero-order valence-electron chi connectivity index (χ0n) is 8.99. The highest BCUT2D eigenvalue weighted by atomic mass is 19.4. The summed E-state index contributed by atoms with van der Waals surface area (Å²) in [7, 11) is 0. The van der Waals surface area contributed by atoms with Crippen LogP contribution < -0.4 is 4.74 Å². The van der Waals surface area contributed by atoms with Gasteiger partial charge in [0.1, 0.15) is 12.4 Å². The number of ether oxygens (including phenoxy) is 1. The molecule has 17 heavy (non-hydrogen) atoms. The first-order chi connectivity index (χ1) is 7.80. The Balaban J connectivity index is 2.60. The minimum Gasteiger partial charge on any atom is -0.493 e. The van der Waals surface area contributed by atoms with Crippen LogP contribution in [0.25, 0.3) is 0 Å². The van der Waals surface area contributed by atoms with Crippen LogP contribution >= 0.6 is 0 Å². The van der Waals surface area contributed by atoms with Crippen molar-refractivity contribution in [3.05, 3.63) is 29.8 Å². The Bertz CT molecular complexity index is 384. The SMILES string of the molecule is C[C@H](COc1ccc(C(F)(F)F)cc1)C(=O)O. The van der Waals surface area contributed by atoms with Gasteiger partial charge < -0.3 is 9.84 Å². The molecule has 0 spiro atoms. The maximum atomic E-state index is 12.2. The quantitative estimate of drug-likeness (QED) is 0.891. The smallest absolute Gasteiger partial charge is 0.416 e. The van der Waals surface area contributed by atoms with Crippen LogP contribution in [0.3, 0.4) is 0 Å². The van der Waals surface area contributed by atoms with E-state index in [1.54, 1.807) is 0 Å². The fourth-order valence-electron chi connectivity index (χ4n) is 1.03. The minimum atomic E-state index is -4.38. The number of hydrogen-bond donors (Lipinski definition) is 1. The van der Waals surface area contributed by atoms with Gasteiger partial charge in [-0.25, -0.2) is 0 Å². The molecule has 0 aliphatic carbocycles. The molecule has 0 amide bonds. The maximum Gasteiger partial charge on any atom is 0.416 e. The van der Waals surface area contributed by atoms with E-state index in [2.05, 4.69) is 0 Å². The highest BCUT2D eigenvalue weighted by Gasteiger charge is 2.30. The molecule has 3 nitrogen and oxygen atoms in total. The molecule has 1 aromatic carbocycles. The van der Waals surface area contributed by atoms with E-state index in [-0.39, 0.29) is 12.4 Å². The van der Waals surface area contributed by atoms with Gasteiger partial charge in [-0.2, -0.15) is 13.2 Å². The number of aliphatic carboxylic acids is 1. The summed E-state index contributed by atoms with van der Waals surface area (Å²) >= 11 is 0. The Kier molecular flexibility index (Phi) is 3.98. The summed E-state index contributed by atoms with van der Waals surface area (Å²) in [6.45, 7) is 1.37. The van der Waals surface area contributed by atoms with Crippen LogP contribution in [0.1, 0.15) is 12.5 Å². The molecule has 1 aromatic rings. The van der Waals surface area contributed by atoms with Gasteiger partial charge in [-0.15, -0.1) is 0 Å². The van der Waals surface area contributed by atoms with Gasteiger partial charge in [0.25, 0.3) is 0 Å². The highest BCUT2D eigenvalue weighted by Crippen LogP contribution is 2.30. The van der Waals surface area contributed by atoms with Gasteiger partial charge in [-0.05, 0) is 31.2 Å². The van der Waals surface area contributed by atoms with Crippen molar-refractivity contribution >= 4 is 5.97 Å². The molecule has 0 radical (unpaired) electrons. The Morgan fingerprint density at radius 3 is 2.29 bits per heavy atom. The molecule has 0 fully saturated rings. The van der Waals surface area contributed by atoms with Crippen LogP contribution in [0.2, 0.25) is 0 Å². The Labute approximate surface area is 95.8 Å². The summed E-state index contributed by atoms with van der Waals surface area (Å²) in [5.74, 6) is -1.51. The topological polar surface area (TPSA) is 46.5 Å². The molecule has 0 aromatic heterocycles. The first kappa shape index (κ1) is 13.3. The predicted molar refractivity (Wildman–Crippen MR) is 53.7 cm³/mol. The van der Waals surface area contributed by atoms with E-state index in [9.17, 15) is 18.0 Å². The molecule has 1 rings (SSSR count). The second kappa shape index (κ2) is 5.07. The van der Waals surface area contributed by atoms with Gasteiger partial charge in [0.05, 0.1) is 11.5 Å². The van der Waals surface area contributed by atoms with E-state index in [1.165, 1.54) is 6.92 Å². The van der Waals surface area contributed by atoms with Crippen LogP contribution in [-0.2, 0) is 11.0 Å². The molecule has 0 unspecified atom stereocenters. The van der Waals surface area contributed by atoms with Gasteiger partial charge in [0.15, 0.2) is 0 Å².